The van der Waals surface area contributed by atoms with Crippen molar-refractivity contribution >= 4 is 27.5 Å². The van der Waals surface area contributed by atoms with E-state index in [1.165, 1.54) is 15.0 Å². The van der Waals surface area contributed by atoms with Crippen molar-refractivity contribution in [3.8, 4) is 0 Å². The van der Waals surface area contributed by atoms with Crippen LogP contribution in [0.15, 0.2) is 30.3 Å². The molecule has 5 heteroatoms. The summed E-state index contributed by atoms with van der Waals surface area (Å²) in [7, 11) is 0. The standard InChI is InChI=1S/C13H14N2O2S/c14-13(16)15(17)7-9-5-10(9)12-6-8-3-1-2-4-11(8)18-12/h1-4,6,9-10,17H,5,7H2,(H2,14,16). The zero-order valence-corrected chi connectivity index (χ0v) is 10.6. The van der Waals surface area contributed by atoms with E-state index in [0.717, 1.165) is 6.42 Å². The second-order valence-electron chi connectivity index (χ2n) is 4.71. The SMILES string of the molecule is NC(=O)N(O)CC1CC1c1cc2ccccc2s1. The van der Waals surface area contributed by atoms with Gasteiger partial charge in [0.2, 0.25) is 0 Å². The maximum absolute atomic E-state index is 10.7. The lowest BCUT2D eigenvalue weighted by Crippen LogP contribution is -2.34. The van der Waals surface area contributed by atoms with Gasteiger partial charge in [0.15, 0.2) is 0 Å². The molecule has 3 rings (SSSR count). The first-order valence-corrected chi connectivity index (χ1v) is 6.71. The van der Waals surface area contributed by atoms with Crippen LogP contribution in [0.4, 0.5) is 4.79 Å². The Morgan fingerprint density at radius 3 is 3.00 bits per heavy atom. The van der Waals surface area contributed by atoms with Gasteiger partial charge in [-0.25, -0.2) is 9.86 Å². The summed E-state index contributed by atoms with van der Waals surface area (Å²) in [5.41, 5.74) is 5.00. The van der Waals surface area contributed by atoms with Crippen LogP contribution in [0.25, 0.3) is 10.1 Å². The van der Waals surface area contributed by atoms with Gasteiger partial charge < -0.3 is 5.73 Å². The Bertz CT molecular complexity index is 562. The number of hydroxylamine groups is 2. The molecule has 1 fully saturated rings. The number of amides is 2. The maximum atomic E-state index is 10.7. The van der Waals surface area contributed by atoms with Gasteiger partial charge in [0.25, 0.3) is 0 Å². The highest BCUT2D eigenvalue weighted by atomic mass is 32.1. The van der Waals surface area contributed by atoms with E-state index in [2.05, 4.69) is 18.2 Å². The highest BCUT2D eigenvalue weighted by molar-refractivity contribution is 7.19. The number of carbonyl (C=O) groups excluding carboxylic acids is 1. The Kier molecular flexibility index (Phi) is 2.72. The third-order valence-electron chi connectivity index (χ3n) is 3.39. The average Bonchev–Trinajstić information content (AvgIpc) is 2.98. The van der Waals surface area contributed by atoms with Gasteiger partial charge in [-0.05, 0) is 35.8 Å². The van der Waals surface area contributed by atoms with Crippen molar-refractivity contribution < 1.29 is 10.0 Å². The van der Waals surface area contributed by atoms with Crippen molar-refractivity contribution in [3.63, 3.8) is 0 Å². The molecule has 1 aliphatic rings. The fraction of sp³-hybridized carbons (Fsp3) is 0.308. The number of thiophene rings is 1. The summed E-state index contributed by atoms with van der Waals surface area (Å²) in [5.74, 6) is 0.784. The molecule has 2 atom stereocenters. The minimum atomic E-state index is -0.781. The topological polar surface area (TPSA) is 66.6 Å². The number of fused-ring (bicyclic) bond motifs is 1. The Hall–Kier alpha value is -1.59. The smallest absolute Gasteiger partial charge is 0.338 e. The van der Waals surface area contributed by atoms with Gasteiger partial charge >= 0.3 is 6.03 Å². The minimum absolute atomic E-state index is 0.328. The molecule has 2 amide bonds. The van der Waals surface area contributed by atoms with Crippen LogP contribution in [-0.2, 0) is 0 Å². The summed E-state index contributed by atoms with van der Waals surface area (Å²) in [5, 5.41) is 11.2. The minimum Gasteiger partial charge on any atom is -0.350 e. The predicted octanol–water partition coefficient (Wildman–Crippen LogP) is 2.77. The number of nitrogens with zero attached hydrogens (tertiary/aromatic N) is 1. The fourth-order valence-electron chi connectivity index (χ4n) is 2.30. The summed E-state index contributed by atoms with van der Waals surface area (Å²) < 4.78 is 1.29. The molecule has 1 aliphatic carbocycles. The highest BCUT2D eigenvalue weighted by Gasteiger charge is 2.40. The van der Waals surface area contributed by atoms with E-state index in [4.69, 9.17) is 5.73 Å². The van der Waals surface area contributed by atoms with E-state index in [0.29, 0.717) is 23.4 Å². The van der Waals surface area contributed by atoms with Crippen molar-refractivity contribution in [2.24, 2.45) is 11.7 Å². The molecule has 0 saturated heterocycles. The van der Waals surface area contributed by atoms with Crippen LogP contribution in [0.1, 0.15) is 17.2 Å². The maximum Gasteiger partial charge on any atom is 0.338 e. The van der Waals surface area contributed by atoms with Crippen LogP contribution in [0, 0.1) is 5.92 Å². The molecule has 1 aromatic heterocycles. The first kappa shape index (κ1) is 11.5. The summed E-state index contributed by atoms with van der Waals surface area (Å²) in [6, 6.07) is 9.71. The van der Waals surface area contributed by atoms with E-state index in [1.807, 2.05) is 12.1 Å². The normalized spacial score (nSPS) is 22.1. The number of rotatable bonds is 3. The van der Waals surface area contributed by atoms with E-state index in [9.17, 15) is 10.0 Å². The van der Waals surface area contributed by atoms with Crippen LogP contribution in [0.2, 0.25) is 0 Å². The summed E-state index contributed by atoms with van der Waals surface area (Å²) in [6.45, 7) is 0.328. The number of hydrogen-bond acceptors (Lipinski definition) is 3. The van der Waals surface area contributed by atoms with Gasteiger partial charge in [0.1, 0.15) is 0 Å². The number of hydrogen-bond donors (Lipinski definition) is 2. The molecule has 2 unspecified atom stereocenters. The second kappa shape index (κ2) is 4.26. The van der Waals surface area contributed by atoms with Gasteiger partial charge in [0, 0.05) is 9.58 Å². The van der Waals surface area contributed by atoms with E-state index in [1.54, 1.807) is 11.3 Å². The van der Waals surface area contributed by atoms with E-state index >= 15 is 0 Å². The summed E-state index contributed by atoms with van der Waals surface area (Å²) in [4.78, 5) is 12.1. The van der Waals surface area contributed by atoms with E-state index in [-0.39, 0.29) is 0 Å². The Balaban J connectivity index is 1.72. The van der Waals surface area contributed by atoms with Gasteiger partial charge in [-0.1, -0.05) is 18.2 Å². The monoisotopic (exact) mass is 262 g/mol. The Morgan fingerprint density at radius 1 is 1.50 bits per heavy atom. The largest absolute Gasteiger partial charge is 0.350 e. The fourth-order valence-corrected chi connectivity index (χ4v) is 3.57. The molecule has 1 aromatic carbocycles. The molecule has 0 spiro atoms. The third kappa shape index (κ3) is 2.07. The number of nitrogens with two attached hydrogens (primary N) is 1. The lowest BCUT2D eigenvalue weighted by atomic mass is 10.2. The van der Waals surface area contributed by atoms with E-state index < -0.39 is 6.03 Å². The molecular weight excluding hydrogens is 248 g/mol. The molecule has 94 valence electrons. The van der Waals surface area contributed by atoms with Crippen LogP contribution in [-0.4, -0.2) is 22.8 Å². The Morgan fingerprint density at radius 2 is 2.28 bits per heavy atom. The number of urea groups is 1. The first-order valence-electron chi connectivity index (χ1n) is 5.89. The summed E-state index contributed by atoms with van der Waals surface area (Å²) in [6.07, 6.45) is 1.01. The molecule has 0 radical (unpaired) electrons. The lowest BCUT2D eigenvalue weighted by Gasteiger charge is -2.10. The second-order valence-corrected chi connectivity index (χ2v) is 5.82. The van der Waals surface area contributed by atoms with Gasteiger partial charge in [-0.15, -0.1) is 11.3 Å². The zero-order valence-electron chi connectivity index (χ0n) is 9.74. The van der Waals surface area contributed by atoms with Crippen LogP contribution < -0.4 is 5.73 Å². The van der Waals surface area contributed by atoms with Gasteiger partial charge in [-0.3, -0.25) is 5.21 Å². The molecule has 1 saturated carbocycles. The molecule has 4 nitrogen and oxygen atoms in total. The van der Waals surface area contributed by atoms with Crippen LogP contribution >= 0.6 is 11.3 Å². The lowest BCUT2D eigenvalue weighted by molar-refractivity contribution is -0.0431. The molecule has 0 bridgehead atoms. The van der Waals surface area contributed by atoms with Crippen LogP contribution in [0.3, 0.4) is 0 Å². The summed E-state index contributed by atoms with van der Waals surface area (Å²) >= 11 is 1.79. The zero-order chi connectivity index (χ0) is 12.7. The average molecular weight is 262 g/mol. The molecule has 2 aromatic rings. The van der Waals surface area contributed by atoms with Gasteiger partial charge in [-0.2, -0.15) is 0 Å². The van der Waals surface area contributed by atoms with Crippen molar-refractivity contribution in [1.82, 2.24) is 5.06 Å². The number of carbonyl (C=O) groups is 1. The molecule has 18 heavy (non-hydrogen) atoms. The molecular formula is C13H14N2O2S. The third-order valence-corrected chi connectivity index (χ3v) is 4.64. The van der Waals surface area contributed by atoms with Crippen molar-refractivity contribution in [3.05, 3.63) is 35.2 Å². The Labute approximate surface area is 109 Å². The van der Waals surface area contributed by atoms with Crippen molar-refractivity contribution in [2.45, 2.75) is 12.3 Å². The first-order chi connectivity index (χ1) is 8.65. The molecule has 3 N–H and O–H groups in total. The quantitative estimate of drug-likeness (QED) is 0.659. The molecule has 0 aliphatic heterocycles. The van der Waals surface area contributed by atoms with Crippen molar-refractivity contribution in [2.75, 3.05) is 6.54 Å². The van der Waals surface area contributed by atoms with Crippen molar-refractivity contribution in [1.29, 1.82) is 0 Å². The number of primary amides is 1. The molecule has 1 heterocycles. The van der Waals surface area contributed by atoms with Gasteiger partial charge in [0.05, 0.1) is 6.54 Å². The highest BCUT2D eigenvalue weighted by Crippen LogP contribution is 2.50. The van der Waals surface area contributed by atoms with Crippen LogP contribution in [0.5, 0.6) is 0 Å². The predicted molar refractivity (Wildman–Crippen MR) is 70.7 cm³/mol. The number of benzene rings is 1.